The van der Waals surface area contributed by atoms with Crippen molar-refractivity contribution in [1.82, 2.24) is 19.7 Å². The van der Waals surface area contributed by atoms with Crippen LogP contribution in [0.1, 0.15) is 130 Å². The maximum Gasteiger partial charge on any atom is 0.524 e. The summed E-state index contributed by atoms with van der Waals surface area (Å²) in [6, 6.07) is 3.89. The minimum Gasteiger partial charge on any atom is -0.458 e. The smallest absolute Gasteiger partial charge is 0.458 e. The van der Waals surface area contributed by atoms with Gasteiger partial charge in [0.1, 0.15) is 41.2 Å². The molecule has 6 rings (SSSR count). The zero-order valence-electron chi connectivity index (χ0n) is 39.8. The van der Waals surface area contributed by atoms with Gasteiger partial charge in [-0.05, 0) is 77.6 Å². The summed E-state index contributed by atoms with van der Waals surface area (Å²) in [6.45, 7) is 12.6. The molecule has 0 unspecified atom stereocenters. The average Bonchev–Trinajstić information content (AvgIpc) is 3.73. The standard InChI is InChI=1S/C47H58F2N5O14P/c1-26-16-30(19-37(55)52-14-9-10-35(52)45(60)67-46(4,5)6)39(36(17-26)68-69(61,62)63)47(7,8)21-38(56)64-25-65-42-40-44(59)53-23-32(18-27(2)51-66-15-13-28(53)3)54(40)24-33(41(42)57)43(58)50-22-29-11-12-31(48)20-34(29)49/h11-12,16-17,20,24,28,32,35H,9-10,13-15,18-19,21-23,25H2,1-8H3,(H,50,58)(H2,61,62,63)/b51-27-/t28-,32-,35+/m0/s1. The number of ether oxygens (including phenoxy) is 3. The Bertz CT molecular complexity index is 2660. The van der Waals surface area contributed by atoms with Crippen molar-refractivity contribution in [2.75, 3.05) is 26.5 Å². The number of oxime groups is 1. The third kappa shape index (κ3) is 12.7. The molecule has 3 atom stereocenters. The quantitative estimate of drug-likeness (QED) is 0.102. The number of carbonyl (C=O) groups excluding carboxylic acids is 5. The molecule has 0 spiro atoms. The maximum atomic E-state index is 14.5. The highest BCUT2D eigenvalue weighted by atomic mass is 31.2. The number of halogens is 2. The van der Waals surface area contributed by atoms with E-state index in [9.17, 15) is 51.9 Å². The van der Waals surface area contributed by atoms with E-state index in [1.54, 1.807) is 66.4 Å². The number of nitrogens with zero attached hydrogens (tertiary/aromatic N) is 4. The Hall–Kier alpha value is -6.18. The average molecular weight is 986 g/mol. The summed E-state index contributed by atoms with van der Waals surface area (Å²) in [5.41, 5.74) is -2.73. The fourth-order valence-corrected chi connectivity index (χ4v) is 9.26. The summed E-state index contributed by atoms with van der Waals surface area (Å²) in [5, 5.41) is 6.62. The Morgan fingerprint density at radius 3 is 2.42 bits per heavy atom. The largest absolute Gasteiger partial charge is 0.524 e. The number of hydrogen-bond acceptors (Lipinski definition) is 13. The molecule has 3 aliphatic heterocycles. The molecule has 22 heteroatoms. The summed E-state index contributed by atoms with van der Waals surface area (Å²) in [4.78, 5) is 112. The summed E-state index contributed by atoms with van der Waals surface area (Å²) >= 11 is 0. The molecule has 19 nitrogen and oxygen atoms in total. The number of esters is 2. The summed E-state index contributed by atoms with van der Waals surface area (Å²) < 4.78 is 63.9. The number of hydrogen-bond donors (Lipinski definition) is 3. The lowest BCUT2D eigenvalue weighted by Crippen LogP contribution is -2.50. The number of pyridine rings is 1. The predicted octanol–water partition coefficient (Wildman–Crippen LogP) is 5.53. The number of aryl methyl sites for hydroxylation is 1. The van der Waals surface area contributed by atoms with Crippen LogP contribution in [0.25, 0.3) is 0 Å². The Labute approximate surface area is 397 Å². The first-order valence-electron chi connectivity index (χ1n) is 22.4. The first kappa shape index (κ1) is 52.2. The zero-order chi connectivity index (χ0) is 50.7. The highest BCUT2D eigenvalue weighted by molar-refractivity contribution is 7.46. The fourth-order valence-electron chi connectivity index (χ4n) is 8.86. The second-order valence-electron chi connectivity index (χ2n) is 19.2. The van der Waals surface area contributed by atoms with Crippen LogP contribution < -0.4 is 20.0 Å². The van der Waals surface area contributed by atoms with E-state index < -0.39 is 115 Å². The zero-order valence-corrected chi connectivity index (χ0v) is 40.7. The summed E-state index contributed by atoms with van der Waals surface area (Å²) in [6.07, 6.45) is 1.82. The van der Waals surface area contributed by atoms with Gasteiger partial charge >= 0.3 is 19.8 Å². The van der Waals surface area contributed by atoms with Gasteiger partial charge in [0.25, 0.3) is 11.8 Å². The van der Waals surface area contributed by atoms with Gasteiger partial charge in [-0.15, -0.1) is 0 Å². The molecule has 1 saturated heterocycles. The number of aromatic nitrogens is 1. The van der Waals surface area contributed by atoms with Crippen molar-refractivity contribution in [3.05, 3.63) is 91.9 Å². The van der Waals surface area contributed by atoms with Crippen molar-refractivity contribution in [2.24, 2.45) is 5.16 Å². The Kier molecular flexibility index (Phi) is 15.7. The number of fused-ring (bicyclic) bond motifs is 4. The highest BCUT2D eigenvalue weighted by Crippen LogP contribution is 2.46. The van der Waals surface area contributed by atoms with E-state index in [0.717, 1.165) is 12.1 Å². The van der Waals surface area contributed by atoms with Gasteiger partial charge in [0.05, 0.1) is 24.6 Å². The molecule has 1 fully saturated rings. The molecule has 0 saturated carbocycles. The molecular formula is C47H58F2N5O14P. The van der Waals surface area contributed by atoms with E-state index in [0.29, 0.717) is 36.6 Å². The minimum atomic E-state index is -5.21. The molecule has 4 heterocycles. The molecule has 2 bridgehead atoms. The van der Waals surface area contributed by atoms with Gasteiger partial charge in [0.15, 0.2) is 5.69 Å². The van der Waals surface area contributed by atoms with Gasteiger partial charge in [0, 0.05) is 67.3 Å². The van der Waals surface area contributed by atoms with E-state index in [1.165, 1.54) is 21.7 Å². The number of nitrogens with one attached hydrogen (secondary N) is 1. The van der Waals surface area contributed by atoms with Gasteiger partial charge in [-0.3, -0.25) is 33.8 Å². The van der Waals surface area contributed by atoms with Crippen LogP contribution in [-0.2, 0) is 51.6 Å². The van der Waals surface area contributed by atoms with Gasteiger partial charge in [-0.25, -0.2) is 18.1 Å². The van der Waals surface area contributed by atoms with Crippen LogP contribution in [0.3, 0.4) is 0 Å². The van der Waals surface area contributed by atoms with Crippen LogP contribution in [0.2, 0.25) is 0 Å². The second-order valence-corrected chi connectivity index (χ2v) is 20.3. The molecule has 0 radical (unpaired) electrons. The van der Waals surface area contributed by atoms with E-state index in [2.05, 4.69) is 10.5 Å². The van der Waals surface area contributed by atoms with Crippen molar-refractivity contribution >= 4 is 43.2 Å². The second kappa shape index (κ2) is 20.8. The summed E-state index contributed by atoms with van der Waals surface area (Å²) in [7, 11) is -5.21. The van der Waals surface area contributed by atoms with Gasteiger partial charge < -0.3 is 43.3 Å². The lowest BCUT2D eigenvalue weighted by atomic mass is 9.77. The SMILES string of the molecule is C/C1=N/OCC[C@H](C)N2C[C@H](C1)n1cc(C(=O)NCc3ccc(F)cc3F)c(=O)c(OCOC(=O)CC(C)(C)c3c(CC(=O)N4CCC[C@@H]4C(=O)OC(C)(C)C)cc(C)cc3OP(=O)(O)O)c1C2=O. The van der Waals surface area contributed by atoms with Gasteiger partial charge in [-0.2, -0.15) is 0 Å². The number of benzene rings is 2. The van der Waals surface area contributed by atoms with Crippen LogP contribution >= 0.6 is 7.82 Å². The van der Waals surface area contributed by atoms with E-state index in [1.807, 2.05) is 0 Å². The number of phosphoric ester groups is 1. The Balaban J connectivity index is 1.30. The Morgan fingerprint density at radius 2 is 1.74 bits per heavy atom. The van der Waals surface area contributed by atoms with Crippen LogP contribution in [0.5, 0.6) is 11.5 Å². The predicted molar refractivity (Wildman–Crippen MR) is 243 cm³/mol. The first-order valence-corrected chi connectivity index (χ1v) is 23.9. The summed E-state index contributed by atoms with van der Waals surface area (Å²) in [5.74, 6) is -6.30. The lowest BCUT2D eigenvalue weighted by Gasteiger charge is -2.40. The molecule has 1 aromatic heterocycles. The fraction of sp³-hybridized carbons (Fsp3) is 0.511. The molecule has 3 amide bonds. The van der Waals surface area contributed by atoms with Crippen molar-refractivity contribution < 1.29 is 70.7 Å². The normalized spacial score (nSPS) is 19.4. The topological polar surface area (TPSA) is 242 Å². The monoisotopic (exact) mass is 985 g/mol. The third-order valence-corrected chi connectivity index (χ3v) is 12.3. The van der Waals surface area contributed by atoms with Crippen LogP contribution in [-0.4, -0.2) is 104 Å². The van der Waals surface area contributed by atoms with E-state index in [-0.39, 0.29) is 60.7 Å². The molecule has 69 heavy (non-hydrogen) atoms. The molecule has 0 aliphatic carbocycles. The minimum absolute atomic E-state index is 0.0729. The number of amides is 3. The Morgan fingerprint density at radius 1 is 1.01 bits per heavy atom. The van der Waals surface area contributed by atoms with Crippen molar-refractivity contribution in [3.63, 3.8) is 0 Å². The third-order valence-electron chi connectivity index (χ3n) is 11.9. The van der Waals surface area contributed by atoms with Crippen LogP contribution in [0, 0.1) is 18.6 Å². The number of rotatable bonds is 14. The van der Waals surface area contributed by atoms with Crippen LogP contribution in [0.4, 0.5) is 8.78 Å². The number of likely N-dealkylation sites (tertiary alicyclic amines) is 1. The van der Waals surface area contributed by atoms with Gasteiger partial charge in [0.2, 0.25) is 23.9 Å². The maximum absolute atomic E-state index is 14.5. The van der Waals surface area contributed by atoms with Crippen LogP contribution in [0.15, 0.2) is 46.5 Å². The molecular weight excluding hydrogens is 928 g/mol. The van der Waals surface area contributed by atoms with E-state index >= 15 is 0 Å². The van der Waals surface area contributed by atoms with E-state index in [4.69, 9.17) is 23.6 Å². The molecule has 3 aliphatic rings. The first-order chi connectivity index (χ1) is 32.2. The van der Waals surface area contributed by atoms with Gasteiger partial charge in [-0.1, -0.05) is 31.1 Å². The molecule has 374 valence electrons. The molecule has 2 aromatic carbocycles. The lowest BCUT2D eigenvalue weighted by molar-refractivity contribution is -0.163. The number of phosphoric acid groups is 1. The van der Waals surface area contributed by atoms with Crippen molar-refractivity contribution in [3.8, 4) is 11.5 Å². The molecule has 3 N–H and O–H groups in total. The molecule has 3 aromatic rings. The van der Waals surface area contributed by atoms with Crippen molar-refractivity contribution in [1.29, 1.82) is 0 Å². The van der Waals surface area contributed by atoms with Crippen molar-refractivity contribution in [2.45, 2.75) is 130 Å². The number of carbonyl (C=O) groups is 5. The highest BCUT2D eigenvalue weighted by Gasteiger charge is 2.41.